The van der Waals surface area contributed by atoms with Crippen LogP contribution in [0.2, 0.25) is 0 Å². The summed E-state index contributed by atoms with van der Waals surface area (Å²) in [5.41, 5.74) is 8.66. The van der Waals surface area contributed by atoms with Crippen LogP contribution in [0.25, 0.3) is 11.3 Å². The van der Waals surface area contributed by atoms with E-state index in [4.69, 9.17) is 13.5 Å². The van der Waals surface area contributed by atoms with Gasteiger partial charge in [0.05, 0.1) is 0 Å². The number of aromatic nitrogens is 2. The van der Waals surface area contributed by atoms with E-state index in [0.717, 1.165) is 0 Å². The van der Waals surface area contributed by atoms with Gasteiger partial charge in [0.2, 0.25) is 0 Å². The molecule has 216 valence electrons. The molecule has 2 aromatic carbocycles. The minimum atomic E-state index is -3.90. The number of sulfonamides is 1. The molecule has 1 atom stereocenters. The zero-order chi connectivity index (χ0) is 29.3. The molecule has 2 aromatic heterocycles. The average Bonchev–Trinajstić information content (AvgIpc) is 3.34. The van der Waals surface area contributed by atoms with Gasteiger partial charge in [-0.3, -0.25) is 0 Å². The normalized spacial score (nSPS) is 15.0. The van der Waals surface area contributed by atoms with Gasteiger partial charge in [0.1, 0.15) is 0 Å². The number of fused-ring (bicyclic) bond motifs is 1. The van der Waals surface area contributed by atoms with E-state index in [1.807, 2.05) is 0 Å². The molecule has 4 aromatic rings. The summed E-state index contributed by atoms with van der Waals surface area (Å²) in [6.07, 6.45) is 3.11. The Labute approximate surface area is 273 Å². The number of pyridine rings is 1. The van der Waals surface area contributed by atoms with E-state index < -0.39 is 37.3 Å². The first-order valence-electron chi connectivity index (χ1n) is 11.7. The van der Waals surface area contributed by atoms with E-state index in [2.05, 4.69) is 20.6 Å². The van der Waals surface area contributed by atoms with Crippen LogP contribution in [-0.2, 0) is 10.0 Å². The SMILES string of the molecule is COc1c(F)cccc1Nc1c(-c2ccncc2OI)[nH]c2c1C(=O)NC[C@H]2[I-]N(I)S(=O)(=O)c1ccccc1N. The summed E-state index contributed by atoms with van der Waals surface area (Å²) in [6.45, 7) is 0.215. The summed E-state index contributed by atoms with van der Waals surface area (Å²) in [4.78, 5) is 20.8. The van der Waals surface area contributed by atoms with E-state index in [-0.39, 0.29) is 38.3 Å². The van der Waals surface area contributed by atoms with E-state index in [0.29, 0.717) is 34.1 Å². The van der Waals surface area contributed by atoms with Crippen LogP contribution >= 0.6 is 45.9 Å². The van der Waals surface area contributed by atoms with Gasteiger partial charge in [-0.25, -0.2) is 0 Å². The molecule has 0 radical (unpaired) electrons. The number of amides is 1. The maximum absolute atomic E-state index is 14.6. The molecule has 0 aliphatic carbocycles. The van der Waals surface area contributed by atoms with Crippen molar-refractivity contribution in [3.63, 3.8) is 0 Å². The number of carbonyl (C=O) groups excluding carboxylic acids is 1. The van der Waals surface area contributed by atoms with Crippen LogP contribution in [0.15, 0.2) is 65.8 Å². The molecule has 0 bridgehead atoms. The number of nitrogens with one attached hydrogen (secondary N) is 3. The number of para-hydroxylation sites is 2. The number of halogens is 4. The van der Waals surface area contributed by atoms with Crippen molar-refractivity contribution in [3.05, 3.63) is 78.0 Å². The van der Waals surface area contributed by atoms with Crippen molar-refractivity contribution in [2.75, 3.05) is 24.7 Å². The van der Waals surface area contributed by atoms with Crippen LogP contribution in [0.4, 0.5) is 21.5 Å². The first-order chi connectivity index (χ1) is 19.7. The maximum atomic E-state index is 14.6. The topological polar surface area (TPSA) is 152 Å². The average molecular weight is 917 g/mol. The fourth-order valence-electron chi connectivity index (χ4n) is 4.31. The molecule has 5 rings (SSSR count). The monoisotopic (exact) mass is 917 g/mol. The van der Waals surface area contributed by atoms with Crippen molar-refractivity contribution in [1.82, 2.24) is 16.0 Å². The number of H-pyrrole nitrogens is 1. The summed E-state index contributed by atoms with van der Waals surface area (Å²) < 4.78 is 53.1. The Kier molecular flexibility index (Phi) is 9.11. The summed E-state index contributed by atoms with van der Waals surface area (Å²) in [5, 5.41) is 6.07. The van der Waals surface area contributed by atoms with Gasteiger partial charge in [0.15, 0.2) is 0 Å². The van der Waals surface area contributed by atoms with Crippen molar-refractivity contribution in [2.24, 2.45) is 0 Å². The molecule has 16 heteroatoms. The molecule has 5 N–H and O–H groups in total. The van der Waals surface area contributed by atoms with Crippen LogP contribution in [0.1, 0.15) is 20.0 Å². The third-order valence-electron chi connectivity index (χ3n) is 6.15. The van der Waals surface area contributed by atoms with E-state index >= 15 is 0 Å². The van der Waals surface area contributed by atoms with Crippen molar-refractivity contribution in [2.45, 2.75) is 8.82 Å². The summed E-state index contributed by atoms with van der Waals surface area (Å²) in [7, 11) is -2.55. The summed E-state index contributed by atoms with van der Waals surface area (Å²) >= 11 is 2.25. The van der Waals surface area contributed by atoms with Crippen molar-refractivity contribution in [3.8, 4) is 22.8 Å². The predicted octanol–water partition coefficient (Wildman–Crippen LogP) is 2.11. The summed E-state index contributed by atoms with van der Waals surface area (Å²) in [6, 6.07) is 12.4. The Morgan fingerprint density at radius 1 is 1.22 bits per heavy atom. The molecule has 1 aliphatic heterocycles. The first kappa shape index (κ1) is 30.0. The van der Waals surface area contributed by atoms with Crippen molar-refractivity contribution >= 4 is 78.9 Å². The van der Waals surface area contributed by atoms with Gasteiger partial charge in [0.25, 0.3) is 0 Å². The number of rotatable bonds is 9. The predicted molar refractivity (Wildman–Crippen MR) is 164 cm³/mol. The van der Waals surface area contributed by atoms with E-state index in [1.165, 1.54) is 38.3 Å². The van der Waals surface area contributed by atoms with Gasteiger partial charge >= 0.3 is 276 Å². The molecule has 41 heavy (non-hydrogen) atoms. The fraction of sp³-hybridized carbons (Fsp3) is 0.120. The Bertz CT molecular complexity index is 1740. The van der Waals surface area contributed by atoms with Gasteiger partial charge in [0, 0.05) is 0 Å². The molecular formula is C25H21FI3N6O5S-. The second kappa shape index (κ2) is 12.4. The standard InChI is InChI=1S/C25H21FI3N6O5S/c1-39-24-14(26)5-4-7-17(24)33-23-20-22(34-21(23)13-9-10-31-12-18(13)40-28)15(11-32-25(20)36)29-35(27)41(37,38)19-8-3-2-6-16(19)30/h2-10,12,15,33-34H,11,30H2,1H3,(H,32,36)/q-1/t15-/m1/s1. The fourth-order valence-corrected chi connectivity index (χ4v) is 11.7. The number of nitrogens with two attached hydrogens (primary N) is 1. The number of methoxy groups -OCH3 is 1. The number of nitrogen functional groups attached to an aromatic ring is 1. The number of nitrogens with zero attached hydrogens (tertiary/aromatic N) is 2. The molecule has 0 fully saturated rings. The molecule has 0 saturated carbocycles. The molecule has 0 spiro atoms. The minimum absolute atomic E-state index is 0.0162. The number of hydrogen-bond acceptors (Lipinski definition) is 8. The second-order valence-electron chi connectivity index (χ2n) is 8.55. The molecule has 1 amide bonds. The number of hydrogen-bond donors (Lipinski definition) is 4. The molecule has 11 nitrogen and oxygen atoms in total. The van der Waals surface area contributed by atoms with Crippen molar-refractivity contribution < 1.29 is 46.9 Å². The van der Waals surface area contributed by atoms with Crippen LogP contribution in [-0.4, -0.2) is 38.7 Å². The zero-order valence-corrected chi connectivity index (χ0v) is 28.3. The van der Waals surface area contributed by atoms with Gasteiger partial charge < -0.3 is 0 Å². The zero-order valence-electron chi connectivity index (χ0n) is 21.0. The first-order valence-corrected chi connectivity index (χ1v) is 17.2. The molecule has 1 aliphatic rings. The Morgan fingerprint density at radius 2 is 2.00 bits per heavy atom. The van der Waals surface area contributed by atoms with E-state index in [1.54, 1.807) is 76.3 Å². The van der Waals surface area contributed by atoms with Crippen LogP contribution < -0.4 is 45.6 Å². The molecule has 3 heterocycles. The number of ether oxygens (including phenoxy) is 1. The molecule has 0 unspecified atom stereocenters. The van der Waals surface area contributed by atoms with Crippen LogP contribution in [0.3, 0.4) is 0 Å². The second-order valence-corrected chi connectivity index (χ2v) is 17.9. The number of alkyl halides is 1. The summed E-state index contributed by atoms with van der Waals surface area (Å²) in [5.74, 6) is -0.562. The van der Waals surface area contributed by atoms with Crippen molar-refractivity contribution in [1.29, 1.82) is 0 Å². The van der Waals surface area contributed by atoms with Gasteiger partial charge in [-0.2, -0.15) is 0 Å². The van der Waals surface area contributed by atoms with E-state index in [9.17, 15) is 17.6 Å². The molecular weight excluding hydrogens is 896 g/mol. The third-order valence-corrected chi connectivity index (χ3v) is 15.1. The Balaban J connectivity index is 1.63. The number of anilines is 3. The quantitative estimate of drug-likeness (QED) is 0.0864. The van der Waals surface area contributed by atoms with Crippen LogP contribution in [0.5, 0.6) is 11.5 Å². The Morgan fingerprint density at radius 3 is 2.73 bits per heavy atom. The number of aromatic amines is 1. The van der Waals surface area contributed by atoms with Gasteiger partial charge in [-0.15, -0.1) is 0 Å². The van der Waals surface area contributed by atoms with Gasteiger partial charge in [-0.1, -0.05) is 0 Å². The number of carbonyl (C=O) groups is 1. The number of benzene rings is 2. The third kappa shape index (κ3) is 5.79. The van der Waals surface area contributed by atoms with Crippen LogP contribution in [0, 0.1) is 5.82 Å². The van der Waals surface area contributed by atoms with Gasteiger partial charge in [-0.05, 0) is 0 Å². The Hall–Kier alpha value is -2.43. The molecule has 0 saturated heterocycles.